The van der Waals surface area contributed by atoms with E-state index >= 15 is 0 Å². The van der Waals surface area contributed by atoms with Gasteiger partial charge in [0.15, 0.2) is 0 Å². The van der Waals surface area contributed by atoms with Gasteiger partial charge in [0.05, 0.1) is 4.90 Å². The number of rotatable bonds is 3. The first-order valence-corrected chi connectivity index (χ1v) is 9.05. The Kier molecular flexibility index (Phi) is 4.72. The molecule has 0 spiro atoms. The molecule has 1 aliphatic rings. The van der Waals surface area contributed by atoms with Gasteiger partial charge in [-0.1, -0.05) is 6.92 Å². The van der Waals surface area contributed by atoms with Gasteiger partial charge in [-0.05, 0) is 30.7 Å². The van der Waals surface area contributed by atoms with E-state index in [0.717, 1.165) is 25.3 Å². The lowest BCUT2D eigenvalue weighted by atomic mass is 10.2. The van der Waals surface area contributed by atoms with Crippen LogP contribution >= 0.6 is 11.8 Å². The monoisotopic (exact) mass is 314 g/mol. The van der Waals surface area contributed by atoms with Crippen molar-refractivity contribution in [1.82, 2.24) is 4.90 Å². The maximum atomic E-state index is 12.4. The number of nitrogens with zero attached hydrogens (tertiary/aromatic N) is 1. The molecule has 1 aromatic carbocycles. The third-order valence-corrected chi connectivity index (χ3v) is 5.61. The number of sulfonamides is 1. The van der Waals surface area contributed by atoms with Gasteiger partial charge in [-0.25, -0.2) is 13.6 Å². The molecule has 5 nitrogen and oxygen atoms in total. The average molecular weight is 314 g/mol. The molecule has 20 heavy (non-hydrogen) atoms. The van der Waals surface area contributed by atoms with E-state index in [2.05, 4.69) is 6.92 Å². The van der Waals surface area contributed by atoms with Gasteiger partial charge in [0, 0.05) is 29.7 Å². The quantitative estimate of drug-likeness (QED) is 0.912. The zero-order chi connectivity index (χ0) is 14.8. The van der Waals surface area contributed by atoms with Gasteiger partial charge in [0.1, 0.15) is 0 Å². The van der Waals surface area contributed by atoms with Crippen molar-refractivity contribution in [2.45, 2.75) is 23.5 Å². The Bertz CT molecular complexity index is 584. The first-order chi connectivity index (χ1) is 9.41. The van der Waals surface area contributed by atoms with Gasteiger partial charge >= 0.3 is 0 Å². The molecule has 0 radical (unpaired) electrons. The fourth-order valence-corrected chi connectivity index (χ4v) is 3.82. The molecule has 0 saturated carbocycles. The molecule has 1 amide bonds. The van der Waals surface area contributed by atoms with Crippen molar-refractivity contribution in [3.8, 4) is 0 Å². The van der Waals surface area contributed by atoms with Crippen LogP contribution in [0.3, 0.4) is 0 Å². The molecule has 1 aliphatic heterocycles. The zero-order valence-corrected chi connectivity index (χ0v) is 12.9. The lowest BCUT2D eigenvalue weighted by Gasteiger charge is -2.32. The van der Waals surface area contributed by atoms with Crippen LogP contribution in [-0.2, 0) is 10.0 Å². The van der Waals surface area contributed by atoms with Crippen molar-refractivity contribution in [3.63, 3.8) is 0 Å². The summed E-state index contributed by atoms with van der Waals surface area (Å²) in [5, 5.41) is 5.52. The fraction of sp³-hybridized carbons (Fsp3) is 0.462. The number of benzene rings is 1. The summed E-state index contributed by atoms with van der Waals surface area (Å²) in [7, 11) is -3.71. The predicted molar refractivity (Wildman–Crippen MR) is 80.3 cm³/mol. The highest BCUT2D eigenvalue weighted by Gasteiger charge is 2.24. The maximum Gasteiger partial charge on any atom is 0.253 e. The van der Waals surface area contributed by atoms with Crippen LogP contribution in [0.4, 0.5) is 0 Å². The minimum Gasteiger partial charge on any atom is -0.337 e. The second-order valence-corrected chi connectivity index (χ2v) is 7.69. The van der Waals surface area contributed by atoms with Crippen LogP contribution in [0, 0.1) is 0 Å². The summed E-state index contributed by atoms with van der Waals surface area (Å²) in [6.45, 7) is 3.60. The molecule has 1 heterocycles. The summed E-state index contributed by atoms with van der Waals surface area (Å²) in [6, 6.07) is 5.78. The summed E-state index contributed by atoms with van der Waals surface area (Å²) in [4.78, 5) is 14.2. The number of hydrogen-bond acceptors (Lipinski definition) is 4. The Morgan fingerprint density at radius 2 is 2.05 bits per heavy atom. The van der Waals surface area contributed by atoms with Crippen LogP contribution in [-0.4, -0.2) is 43.3 Å². The number of hydrogen-bond donors (Lipinski definition) is 1. The molecule has 0 aromatic heterocycles. The molecule has 1 saturated heterocycles. The number of carbonyl (C=O) groups excluding carboxylic acids is 1. The topological polar surface area (TPSA) is 80.5 Å². The summed E-state index contributed by atoms with van der Waals surface area (Å²) in [5.74, 6) is 0.893. The van der Waals surface area contributed by atoms with Gasteiger partial charge in [0.25, 0.3) is 5.91 Å². The highest BCUT2D eigenvalue weighted by molar-refractivity contribution is 8.00. The molecule has 1 atom stereocenters. The van der Waals surface area contributed by atoms with Crippen LogP contribution in [0.1, 0.15) is 23.7 Å². The van der Waals surface area contributed by atoms with Crippen LogP contribution in [0.25, 0.3) is 0 Å². The SMILES string of the molecule is CCC1CN(C(=O)c2ccc(S(N)(=O)=O)cc2)CCS1. The summed E-state index contributed by atoms with van der Waals surface area (Å²) >= 11 is 1.90. The van der Waals surface area contributed by atoms with Crippen molar-refractivity contribution in [1.29, 1.82) is 0 Å². The Morgan fingerprint density at radius 1 is 1.40 bits per heavy atom. The van der Waals surface area contributed by atoms with Gasteiger partial charge in [-0.15, -0.1) is 0 Å². The molecule has 0 bridgehead atoms. The van der Waals surface area contributed by atoms with Crippen LogP contribution in [0.5, 0.6) is 0 Å². The van der Waals surface area contributed by atoms with E-state index in [0.29, 0.717) is 10.8 Å². The van der Waals surface area contributed by atoms with Gasteiger partial charge < -0.3 is 4.90 Å². The normalized spacial score (nSPS) is 19.9. The fourth-order valence-electron chi connectivity index (χ4n) is 2.12. The zero-order valence-electron chi connectivity index (χ0n) is 11.3. The Morgan fingerprint density at radius 3 is 2.60 bits per heavy atom. The Balaban J connectivity index is 2.13. The predicted octanol–water partition coefficient (Wildman–Crippen LogP) is 1.30. The van der Waals surface area contributed by atoms with Crippen molar-refractivity contribution in [2.24, 2.45) is 5.14 Å². The molecule has 2 N–H and O–H groups in total. The molecule has 1 fully saturated rings. The molecule has 7 heteroatoms. The van der Waals surface area contributed by atoms with Crippen LogP contribution in [0.2, 0.25) is 0 Å². The van der Waals surface area contributed by atoms with Crippen LogP contribution < -0.4 is 5.14 Å². The molecule has 0 aliphatic carbocycles. The largest absolute Gasteiger partial charge is 0.337 e. The Hall–Kier alpha value is -1.05. The van der Waals surface area contributed by atoms with Gasteiger partial charge in [-0.2, -0.15) is 11.8 Å². The van der Waals surface area contributed by atoms with Gasteiger partial charge in [-0.3, -0.25) is 4.79 Å². The third-order valence-electron chi connectivity index (χ3n) is 3.31. The summed E-state index contributed by atoms with van der Waals surface area (Å²) < 4.78 is 22.4. The Labute approximate surface area is 123 Å². The van der Waals surface area contributed by atoms with Crippen molar-refractivity contribution in [2.75, 3.05) is 18.8 Å². The van der Waals surface area contributed by atoms with E-state index in [9.17, 15) is 13.2 Å². The maximum absolute atomic E-state index is 12.4. The smallest absolute Gasteiger partial charge is 0.253 e. The molecule has 1 unspecified atom stereocenters. The van der Waals surface area contributed by atoms with Crippen molar-refractivity contribution >= 4 is 27.7 Å². The van der Waals surface area contributed by atoms with E-state index in [4.69, 9.17) is 5.14 Å². The molecular weight excluding hydrogens is 296 g/mol. The van der Waals surface area contributed by atoms with E-state index in [1.807, 2.05) is 16.7 Å². The number of nitrogens with two attached hydrogens (primary N) is 1. The first-order valence-electron chi connectivity index (χ1n) is 6.45. The van der Waals surface area contributed by atoms with E-state index in [-0.39, 0.29) is 10.8 Å². The van der Waals surface area contributed by atoms with E-state index in [1.165, 1.54) is 24.3 Å². The lowest BCUT2D eigenvalue weighted by Crippen LogP contribution is -2.41. The lowest BCUT2D eigenvalue weighted by molar-refractivity contribution is 0.0761. The van der Waals surface area contributed by atoms with E-state index < -0.39 is 10.0 Å². The minimum absolute atomic E-state index is 0.0229. The third kappa shape index (κ3) is 3.53. The molecular formula is C13H18N2O3S2. The number of primary sulfonamides is 1. The number of amides is 1. The minimum atomic E-state index is -3.71. The van der Waals surface area contributed by atoms with E-state index in [1.54, 1.807) is 0 Å². The molecule has 2 rings (SSSR count). The average Bonchev–Trinajstić information content (AvgIpc) is 2.46. The highest BCUT2D eigenvalue weighted by Crippen LogP contribution is 2.22. The number of thioether (sulfide) groups is 1. The highest BCUT2D eigenvalue weighted by atomic mass is 32.2. The number of carbonyl (C=O) groups is 1. The second kappa shape index (κ2) is 6.15. The standard InChI is InChI=1S/C13H18N2O3S2/c1-2-11-9-15(7-8-19-11)13(16)10-3-5-12(6-4-10)20(14,17)18/h3-6,11H,2,7-9H2,1H3,(H2,14,17,18). The van der Waals surface area contributed by atoms with Crippen molar-refractivity contribution in [3.05, 3.63) is 29.8 Å². The molecule has 110 valence electrons. The van der Waals surface area contributed by atoms with Crippen molar-refractivity contribution < 1.29 is 13.2 Å². The molecule has 1 aromatic rings. The van der Waals surface area contributed by atoms with Crippen LogP contribution in [0.15, 0.2) is 29.2 Å². The first kappa shape index (κ1) is 15.3. The summed E-state index contributed by atoms with van der Waals surface area (Å²) in [6.07, 6.45) is 1.04. The van der Waals surface area contributed by atoms with Gasteiger partial charge in [0.2, 0.25) is 10.0 Å². The second-order valence-electron chi connectivity index (χ2n) is 4.72. The summed E-state index contributed by atoms with van der Waals surface area (Å²) in [5.41, 5.74) is 0.499.